The van der Waals surface area contributed by atoms with E-state index in [4.69, 9.17) is 4.74 Å². The van der Waals surface area contributed by atoms with Crippen LogP contribution in [-0.2, 0) is 13.1 Å². The molecule has 1 amide bonds. The number of pyridine rings is 1. The van der Waals surface area contributed by atoms with Gasteiger partial charge >= 0.3 is 0 Å². The summed E-state index contributed by atoms with van der Waals surface area (Å²) >= 11 is 0. The predicted octanol–water partition coefficient (Wildman–Crippen LogP) is 3.03. The van der Waals surface area contributed by atoms with Crippen LogP contribution < -0.4 is 15.6 Å². The number of hydrogen-bond donors (Lipinski definition) is 1. The third kappa shape index (κ3) is 3.94. The van der Waals surface area contributed by atoms with Crippen LogP contribution >= 0.6 is 0 Å². The summed E-state index contributed by atoms with van der Waals surface area (Å²) in [6.07, 6.45) is 3.28. The second-order valence-corrected chi connectivity index (χ2v) is 7.57. The predicted molar refractivity (Wildman–Crippen MR) is 124 cm³/mol. The van der Waals surface area contributed by atoms with E-state index in [-0.39, 0.29) is 11.5 Å². The molecule has 0 spiro atoms. The molecule has 5 aromatic rings. The summed E-state index contributed by atoms with van der Waals surface area (Å²) in [5.74, 6) is 0.501. The first-order valence-electron chi connectivity index (χ1n) is 10.5. The van der Waals surface area contributed by atoms with Gasteiger partial charge in [-0.15, -0.1) is 0 Å². The van der Waals surface area contributed by atoms with Gasteiger partial charge in [0.25, 0.3) is 11.5 Å². The van der Waals surface area contributed by atoms with E-state index < -0.39 is 0 Å². The Morgan fingerprint density at radius 2 is 1.82 bits per heavy atom. The number of fused-ring (bicyclic) bond motifs is 3. The molecule has 0 bridgehead atoms. The number of methoxy groups -OCH3 is 1. The number of carbonyl (C=O) groups is 1. The van der Waals surface area contributed by atoms with Gasteiger partial charge in [0.05, 0.1) is 43.1 Å². The second kappa shape index (κ2) is 8.58. The molecule has 0 saturated carbocycles. The fourth-order valence-corrected chi connectivity index (χ4v) is 3.81. The summed E-state index contributed by atoms with van der Waals surface area (Å²) in [4.78, 5) is 30.4. The molecule has 0 atom stereocenters. The molecular weight excluding hydrogens is 418 g/mol. The van der Waals surface area contributed by atoms with Crippen molar-refractivity contribution < 1.29 is 9.53 Å². The molecule has 164 valence electrons. The lowest BCUT2D eigenvalue weighted by molar-refractivity contribution is 0.0950. The van der Waals surface area contributed by atoms with E-state index in [0.717, 1.165) is 22.5 Å². The Balaban J connectivity index is 1.55. The first-order chi connectivity index (χ1) is 16.1. The molecule has 3 aromatic heterocycles. The summed E-state index contributed by atoms with van der Waals surface area (Å²) in [5.41, 5.74) is 3.81. The Morgan fingerprint density at radius 3 is 2.58 bits per heavy atom. The summed E-state index contributed by atoms with van der Waals surface area (Å²) in [6, 6.07) is 20.1. The Kier molecular flexibility index (Phi) is 5.32. The van der Waals surface area contributed by atoms with Crippen LogP contribution in [0.4, 0.5) is 0 Å². The van der Waals surface area contributed by atoms with Crippen molar-refractivity contribution in [3.8, 4) is 5.75 Å². The fourth-order valence-electron chi connectivity index (χ4n) is 3.81. The molecule has 3 heterocycles. The Morgan fingerprint density at radius 1 is 0.970 bits per heavy atom. The minimum Gasteiger partial charge on any atom is -0.497 e. The third-order valence-electron chi connectivity index (χ3n) is 5.52. The van der Waals surface area contributed by atoms with Crippen molar-refractivity contribution in [3.63, 3.8) is 0 Å². The molecule has 33 heavy (non-hydrogen) atoms. The number of hydrogen-bond acceptors (Lipinski definition) is 5. The van der Waals surface area contributed by atoms with Gasteiger partial charge in [0.1, 0.15) is 11.3 Å². The van der Waals surface area contributed by atoms with Gasteiger partial charge in [-0.3, -0.25) is 14.6 Å². The molecule has 8 nitrogen and oxygen atoms in total. The highest BCUT2D eigenvalue weighted by molar-refractivity contribution is 5.97. The van der Waals surface area contributed by atoms with Crippen molar-refractivity contribution in [2.45, 2.75) is 13.1 Å². The molecule has 2 aromatic carbocycles. The van der Waals surface area contributed by atoms with Crippen LogP contribution in [0.5, 0.6) is 5.75 Å². The van der Waals surface area contributed by atoms with Gasteiger partial charge in [0.2, 0.25) is 0 Å². The van der Waals surface area contributed by atoms with Crippen molar-refractivity contribution in [3.05, 3.63) is 106 Å². The number of carbonyl (C=O) groups excluding carboxylic acids is 1. The minimum atomic E-state index is -0.244. The van der Waals surface area contributed by atoms with Crippen LogP contribution in [0.1, 0.15) is 21.6 Å². The maximum absolute atomic E-state index is 13.3. The van der Waals surface area contributed by atoms with Crippen molar-refractivity contribution >= 4 is 22.5 Å². The lowest BCUT2D eigenvalue weighted by Crippen LogP contribution is -2.25. The number of ether oxygens (including phenoxy) is 1. The standard InChI is InChI=1S/C25H21N5O3/c1-33-20-8-5-17(6-9-20)16-29-23-14-18(24(31)27-15-19-4-2-3-12-26-19)7-10-21(23)30-22(25(29)32)11-13-28-30/h2-14H,15-16H2,1H3,(H,27,31). The maximum Gasteiger partial charge on any atom is 0.277 e. The molecule has 0 saturated heterocycles. The van der Waals surface area contributed by atoms with Crippen LogP contribution in [0.25, 0.3) is 16.6 Å². The van der Waals surface area contributed by atoms with Gasteiger partial charge in [0, 0.05) is 11.8 Å². The third-order valence-corrected chi connectivity index (χ3v) is 5.52. The number of benzene rings is 2. The zero-order valence-corrected chi connectivity index (χ0v) is 17.9. The number of aromatic nitrogens is 4. The highest BCUT2D eigenvalue weighted by Crippen LogP contribution is 2.19. The van der Waals surface area contributed by atoms with Gasteiger partial charge < -0.3 is 14.6 Å². The zero-order chi connectivity index (χ0) is 22.8. The number of amides is 1. The van der Waals surface area contributed by atoms with Crippen LogP contribution in [0, 0.1) is 0 Å². The van der Waals surface area contributed by atoms with Gasteiger partial charge in [-0.2, -0.15) is 5.10 Å². The molecule has 1 N–H and O–H groups in total. The molecule has 0 aliphatic carbocycles. The molecule has 0 aliphatic rings. The monoisotopic (exact) mass is 439 g/mol. The van der Waals surface area contributed by atoms with Gasteiger partial charge in [0.15, 0.2) is 0 Å². The maximum atomic E-state index is 13.3. The van der Waals surface area contributed by atoms with Crippen molar-refractivity contribution in [2.24, 2.45) is 0 Å². The van der Waals surface area contributed by atoms with E-state index in [0.29, 0.717) is 29.7 Å². The summed E-state index contributed by atoms with van der Waals surface area (Å²) in [6.45, 7) is 0.661. The van der Waals surface area contributed by atoms with Crippen LogP contribution in [0.2, 0.25) is 0 Å². The largest absolute Gasteiger partial charge is 0.497 e. The molecule has 0 unspecified atom stereocenters. The van der Waals surface area contributed by atoms with Gasteiger partial charge in [-0.05, 0) is 54.1 Å². The molecule has 0 fully saturated rings. The average Bonchev–Trinajstić information content (AvgIpc) is 3.36. The first-order valence-corrected chi connectivity index (χ1v) is 10.5. The first kappa shape index (κ1) is 20.4. The summed E-state index contributed by atoms with van der Waals surface area (Å²) < 4.78 is 8.51. The molecule has 8 heteroatoms. The Hall–Kier alpha value is -4.46. The van der Waals surface area contributed by atoms with Crippen LogP contribution in [0.3, 0.4) is 0 Å². The highest BCUT2D eigenvalue weighted by atomic mass is 16.5. The zero-order valence-electron chi connectivity index (χ0n) is 17.9. The Bertz CT molecular complexity index is 1500. The summed E-state index contributed by atoms with van der Waals surface area (Å²) in [5, 5.41) is 7.19. The SMILES string of the molecule is COc1ccc(Cn2c(=O)c3ccnn3c3ccc(C(=O)NCc4ccccn4)cc32)cc1. The van der Waals surface area contributed by atoms with E-state index in [1.165, 1.54) is 0 Å². The lowest BCUT2D eigenvalue weighted by atomic mass is 10.1. The summed E-state index contributed by atoms with van der Waals surface area (Å²) in [7, 11) is 1.61. The smallest absolute Gasteiger partial charge is 0.277 e. The van der Waals surface area contributed by atoms with Gasteiger partial charge in [-0.25, -0.2) is 4.52 Å². The van der Waals surface area contributed by atoms with Crippen molar-refractivity contribution in [2.75, 3.05) is 7.11 Å². The minimum absolute atomic E-state index is 0.179. The molecule has 0 radical (unpaired) electrons. The highest BCUT2D eigenvalue weighted by Gasteiger charge is 2.15. The van der Waals surface area contributed by atoms with Crippen molar-refractivity contribution in [1.82, 2.24) is 24.5 Å². The lowest BCUT2D eigenvalue weighted by Gasteiger charge is -2.14. The van der Waals surface area contributed by atoms with E-state index in [2.05, 4.69) is 15.4 Å². The van der Waals surface area contributed by atoms with E-state index >= 15 is 0 Å². The molecule has 0 aliphatic heterocycles. The average molecular weight is 439 g/mol. The van der Waals surface area contributed by atoms with Crippen LogP contribution in [0.15, 0.2) is 83.9 Å². The van der Waals surface area contributed by atoms with Crippen molar-refractivity contribution in [1.29, 1.82) is 0 Å². The van der Waals surface area contributed by atoms with E-state index in [9.17, 15) is 9.59 Å². The molecular formula is C25H21N5O3. The topological polar surface area (TPSA) is 90.5 Å². The van der Waals surface area contributed by atoms with Crippen LogP contribution in [-0.4, -0.2) is 32.2 Å². The van der Waals surface area contributed by atoms with Gasteiger partial charge in [-0.1, -0.05) is 18.2 Å². The number of rotatable bonds is 6. The Labute approximate surface area is 189 Å². The number of nitrogens with zero attached hydrogens (tertiary/aromatic N) is 4. The normalized spacial score (nSPS) is 11.1. The number of nitrogens with one attached hydrogen (secondary N) is 1. The second-order valence-electron chi connectivity index (χ2n) is 7.57. The fraction of sp³-hybridized carbons (Fsp3) is 0.120. The van der Waals surface area contributed by atoms with E-state index in [1.807, 2.05) is 48.5 Å². The molecule has 5 rings (SSSR count). The quantitative estimate of drug-likeness (QED) is 0.439. The van der Waals surface area contributed by atoms with E-state index in [1.54, 1.807) is 46.8 Å².